The first-order valence-corrected chi connectivity index (χ1v) is 9.98. The smallest absolute Gasteiger partial charge is 0.259 e. The summed E-state index contributed by atoms with van der Waals surface area (Å²) in [5.41, 5.74) is 6.15. The van der Waals surface area contributed by atoms with Gasteiger partial charge < -0.3 is 10.6 Å². The number of hydrogen-bond acceptors (Lipinski definition) is 4. The molecule has 0 radical (unpaired) electrons. The van der Waals surface area contributed by atoms with Crippen molar-refractivity contribution in [3.8, 4) is 5.69 Å². The average molecular weight is 390 g/mol. The van der Waals surface area contributed by atoms with E-state index in [-0.39, 0.29) is 11.3 Å². The number of aryl methyl sites for hydroxylation is 1. The van der Waals surface area contributed by atoms with E-state index in [9.17, 15) is 4.79 Å². The summed E-state index contributed by atoms with van der Waals surface area (Å²) < 4.78 is 1.78. The monoisotopic (exact) mass is 389 g/mol. The molecule has 29 heavy (non-hydrogen) atoms. The standard InChI is InChI=1S/C23H27N5O/c1-15-5-7-18(8-6-15)28-14-19(21(27-28)23(2,3)4)22(29)26-17-11-16-12-24-10-9-20(16)25-13-17/h5-8,11,13-14,24H,9-10,12H2,1-4H3,(H,26,29). The Labute approximate surface area is 171 Å². The fraction of sp³-hybridized carbons (Fsp3) is 0.348. The number of pyridine rings is 1. The van der Waals surface area contributed by atoms with Crippen LogP contribution in [-0.2, 0) is 18.4 Å². The molecule has 6 heteroatoms. The van der Waals surface area contributed by atoms with Gasteiger partial charge in [0.25, 0.3) is 5.91 Å². The molecule has 150 valence electrons. The van der Waals surface area contributed by atoms with Crippen LogP contribution in [0.5, 0.6) is 0 Å². The maximum absolute atomic E-state index is 13.1. The van der Waals surface area contributed by atoms with Crippen LogP contribution >= 0.6 is 0 Å². The van der Waals surface area contributed by atoms with Crippen molar-refractivity contribution in [2.75, 3.05) is 11.9 Å². The Morgan fingerprint density at radius 3 is 2.69 bits per heavy atom. The minimum absolute atomic E-state index is 0.168. The number of aromatic nitrogens is 3. The molecule has 3 aromatic rings. The van der Waals surface area contributed by atoms with Gasteiger partial charge in [0.15, 0.2) is 0 Å². The Morgan fingerprint density at radius 1 is 1.21 bits per heavy atom. The number of nitrogens with one attached hydrogen (secondary N) is 2. The molecule has 2 aromatic heterocycles. The Bertz CT molecular complexity index is 1040. The first-order chi connectivity index (χ1) is 13.8. The van der Waals surface area contributed by atoms with E-state index in [0.717, 1.165) is 42.1 Å². The summed E-state index contributed by atoms with van der Waals surface area (Å²) in [6, 6.07) is 10.1. The van der Waals surface area contributed by atoms with Crippen molar-refractivity contribution in [1.82, 2.24) is 20.1 Å². The number of anilines is 1. The van der Waals surface area contributed by atoms with Gasteiger partial charge in [-0.25, -0.2) is 4.68 Å². The van der Waals surface area contributed by atoms with Crippen LogP contribution in [0.4, 0.5) is 5.69 Å². The Morgan fingerprint density at radius 2 is 1.97 bits per heavy atom. The maximum atomic E-state index is 13.1. The van der Waals surface area contributed by atoms with E-state index in [1.807, 2.05) is 36.5 Å². The van der Waals surface area contributed by atoms with E-state index in [0.29, 0.717) is 11.3 Å². The lowest BCUT2D eigenvalue weighted by Gasteiger charge is -2.18. The number of benzene rings is 1. The highest BCUT2D eigenvalue weighted by molar-refractivity contribution is 6.05. The van der Waals surface area contributed by atoms with Gasteiger partial charge in [0.2, 0.25) is 0 Å². The van der Waals surface area contributed by atoms with Crippen molar-refractivity contribution >= 4 is 11.6 Å². The number of carbonyl (C=O) groups excluding carboxylic acids is 1. The highest BCUT2D eigenvalue weighted by Gasteiger charge is 2.27. The number of carbonyl (C=O) groups is 1. The van der Waals surface area contributed by atoms with Crippen LogP contribution in [0.3, 0.4) is 0 Å². The van der Waals surface area contributed by atoms with Gasteiger partial charge in [-0.05, 0) is 30.7 Å². The Kier molecular flexibility index (Phi) is 4.96. The van der Waals surface area contributed by atoms with Crippen molar-refractivity contribution in [2.24, 2.45) is 0 Å². The lowest BCUT2D eigenvalue weighted by atomic mass is 9.89. The summed E-state index contributed by atoms with van der Waals surface area (Å²) in [5, 5.41) is 11.1. The van der Waals surface area contributed by atoms with Gasteiger partial charge in [-0.15, -0.1) is 0 Å². The molecule has 0 bridgehead atoms. The lowest BCUT2D eigenvalue weighted by Crippen LogP contribution is -2.25. The second-order valence-electron chi connectivity index (χ2n) is 8.63. The number of hydrogen-bond donors (Lipinski definition) is 2. The van der Waals surface area contributed by atoms with E-state index in [4.69, 9.17) is 5.10 Å². The topological polar surface area (TPSA) is 71.8 Å². The van der Waals surface area contributed by atoms with Crippen LogP contribution in [0.2, 0.25) is 0 Å². The van der Waals surface area contributed by atoms with Crippen LogP contribution in [0.25, 0.3) is 5.69 Å². The molecule has 0 saturated carbocycles. The predicted molar refractivity (Wildman–Crippen MR) is 115 cm³/mol. The zero-order chi connectivity index (χ0) is 20.6. The minimum atomic E-state index is -0.263. The molecule has 1 aliphatic heterocycles. The van der Waals surface area contributed by atoms with Crippen LogP contribution in [0.1, 0.15) is 53.6 Å². The molecular formula is C23H27N5O. The molecule has 0 spiro atoms. The van der Waals surface area contributed by atoms with Crippen LogP contribution in [-0.4, -0.2) is 27.2 Å². The number of rotatable bonds is 3. The van der Waals surface area contributed by atoms with Gasteiger partial charge in [0, 0.05) is 36.8 Å². The van der Waals surface area contributed by atoms with Gasteiger partial charge in [-0.1, -0.05) is 38.5 Å². The van der Waals surface area contributed by atoms with Gasteiger partial charge in [0.1, 0.15) is 0 Å². The summed E-state index contributed by atoms with van der Waals surface area (Å²) in [7, 11) is 0. The minimum Gasteiger partial charge on any atom is -0.320 e. The number of fused-ring (bicyclic) bond motifs is 1. The third-order valence-corrected chi connectivity index (χ3v) is 5.14. The highest BCUT2D eigenvalue weighted by Crippen LogP contribution is 2.27. The molecule has 0 saturated heterocycles. The largest absolute Gasteiger partial charge is 0.320 e. The fourth-order valence-corrected chi connectivity index (χ4v) is 3.54. The van der Waals surface area contributed by atoms with Crippen molar-refractivity contribution in [1.29, 1.82) is 0 Å². The molecular weight excluding hydrogens is 362 g/mol. The van der Waals surface area contributed by atoms with Gasteiger partial charge >= 0.3 is 0 Å². The quantitative estimate of drug-likeness (QED) is 0.715. The van der Waals surface area contributed by atoms with E-state index < -0.39 is 0 Å². The SMILES string of the molecule is Cc1ccc(-n2cc(C(=O)Nc3cnc4c(c3)CNCC4)c(C(C)(C)C)n2)cc1. The first kappa shape index (κ1) is 19.3. The molecule has 2 N–H and O–H groups in total. The summed E-state index contributed by atoms with van der Waals surface area (Å²) in [6.07, 6.45) is 4.47. The zero-order valence-electron chi connectivity index (χ0n) is 17.4. The maximum Gasteiger partial charge on any atom is 0.259 e. The van der Waals surface area contributed by atoms with E-state index >= 15 is 0 Å². The number of amides is 1. The molecule has 1 amide bonds. The van der Waals surface area contributed by atoms with Gasteiger partial charge in [-0.2, -0.15) is 5.10 Å². The van der Waals surface area contributed by atoms with Gasteiger partial charge in [-0.3, -0.25) is 9.78 Å². The molecule has 4 rings (SSSR count). The summed E-state index contributed by atoms with van der Waals surface area (Å²) in [5.74, 6) is -0.168. The highest BCUT2D eigenvalue weighted by atomic mass is 16.1. The molecule has 0 fully saturated rings. The molecule has 0 unspecified atom stereocenters. The Hall–Kier alpha value is -2.99. The number of nitrogens with zero attached hydrogens (tertiary/aromatic N) is 3. The second kappa shape index (κ2) is 7.44. The molecule has 3 heterocycles. The third-order valence-electron chi connectivity index (χ3n) is 5.14. The molecule has 0 atom stereocenters. The molecule has 0 aliphatic carbocycles. The van der Waals surface area contributed by atoms with Gasteiger partial charge in [0.05, 0.1) is 28.8 Å². The molecule has 6 nitrogen and oxygen atoms in total. The van der Waals surface area contributed by atoms with Crippen LogP contribution in [0.15, 0.2) is 42.7 Å². The van der Waals surface area contributed by atoms with Crippen LogP contribution in [0, 0.1) is 6.92 Å². The van der Waals surface area contributed by atoms with Crippen molar-refractivity contribution < 1.29 is 4.79 Å². The molecule has 1 aromatic carbocycles. The lowest BCUT2D eigenvalue weighted by molar-refractivity contribution is 0.102. The fourth-order valence-electron chi connectivity index (χ4n) is 3.54. The van der Waals surface area contributed by atoms with Crippen molar-refractivity contribution in [2.45, 2.75) is 46.1 Å². The normalized spacial score (nSPS) is 13.8. The third kappa shape index (κ3) is 4.07. The second-order valence-corrected chi connectivity index (χ2v) is 8.63. The Balaban J connectivity index is 1.66. The molecule has 1 aliphatic rings. The van der Waals surface area contributed by atoms with Crippen molar-refractivity contribution in [3.05, 3.63) is 70.8 Å². The van der Waals surface area contributed by atoms with E-state index in [1.165, 1.54) is 5.56 Å². The average Bonchev–Trinajstić information content (AvgIpc) is 3.15. The van der Waals surface area contributed by atoms with Crippen molar-refractivity contribution in [3.63, 3.8) is 0 Å². The first-order valence-electron chi connectivity index (χ1n) is 9.98. The summed E-state index contributed by atoms with van der Waals surface area (Å²) in [6.45, 7) is 9.98. The zero-order valence-corrected chi connectivity index (χ0v) is 17.4. The predicted octanol–water partition coefficient (Wildman–Crippen LogP) is 3.77. The van der Waals surface area contributed by atoms with E-state index in [1.54, 1.807) is 10.9 Å². The van der Waals surface area contributed by atoms with Crippen LogP contribution < -0.4 is 10.6 Å². The summed E-state index contributed by atoms with van der Waals surface area (Å²) >= 11 is 0. The van der Waals surface area contributed by atoms with E-state index in [2.05, 4.69) is 43.3 Å². The summed E-state index contributed by atoms with van der Waals surface area (Å²) in [4.78, 5) is 17.7.